The van der Waals surface area contributed by atoms with Crippen molar-refractivity contribution in [1.82, 2.24) is 9.97 Å². The van der Waals surface area contributed by atoms with Gasteiger partial charge in [-0.2, -0.15) is 13.2 Å². The molecule has 4 nitrogen and oxygen atoms in total. The number of fused-ring (bicyclic) bond motifs is 2. The number of benzene rings is 2. The minimum absolute atomic E-state index is 0.248. The van der Waals surface area contributed by atoms with Crippen molar-refractivity contribution in [2.75, 3.05) is 11.4 Å². The van der Waals surface area contributed by atoms with Crippen LogP contribution in [-0.4, -0.2) is 22.4 Å². The van der Waals surface area contributed by atoms with E-state index < -0.39 is 11.7 Å². The first-order chi connectivity index (χ1) is 13.2. The second-order valence-corrected chi connectivity index (χ2v) is 7.00. The van der Waals surface area contributed by atoms with Crippen LogP contribution in [0, 0.1) is 13.8 Å². The standard InChI is InChI=1S/C21H18F3N3O/c1-12-13(2)26-18-11-15(5-7-17(18)25-12)20(28)27-9-3-4-14-10-16(21(22,23)24)6-8-19(14)27/h5-8,10-11H,3-4,9H2,1-2H3. The lowest BCUT2D eigenvalue weighted by Crippen LogP contribution is -2.35. The van der Waals surface area contributed by atoms with E-state index in [1.165, 1.54) is 6.07 Å². The molecule has 4 rings (SSSR count). The van der Waals surface area contributed by atoms with Gasteiger partial charge >= 0.3 is 6.18 Å². The van der Waals surface area contributed by atoms with Crippen molar-refractivity contribution in [3.05, 3.63) is 64.5 Å². The number of anilines is 1. The smallest absolute Gasteiger partial charge is 0.308 e. The summed E-state index contributed by atoms with van der Waals surface area (Å²) in [5, 5.41) is 0. The molecule has 2 heterocycles. The Morgan fingerprint density at radius 3 is 2.43 bits per heavy atom. The summed E-state index contributed by atoms with van der Waals surface area (Å²) in [6.45, 7) is 4.20. The highest BCUT2D eigenvalue weighted by molar-refractivity contribution is 6.08. The maximum Gasteiger partial charge on any atom is 0.416 e. The van der Waals surface area contributed by atoms with E-state index in [2.05, 4.69) is 9.97 Å². The van der Waals surface area contributed by atoms with Crippen LogP contribution in [-0.2, 0) is 12.6 Å². The first kappa shape index (κ1) is 18.4. The van der Waals surface area contributed by atoms with Gasteiger partial charge in [0.2, 0.25) is 0 Å². The van der Waals surface area contributed by atoms with Gasteiger partial charge in [0.1, 0.15) is 0 Å². The molecule has 0 fully saturated rings. The molecule has 0 N–H and O–H groups in total. The van der Waals surface area contributed by atoms with Crippen LogP contribution in [0.3, 0.4) is 0 Å². The van der Waals surface area contributed by atoms with Crippen LogP contribution in [0.15, 0.2) is 36.4 Å². The first-order valence-electron chi connectivity index (χ1n) is 9.01. The monoisotopic (exact) mass is 385 g/mol. The summed E-state index contributed by atoms with van der Waals surface area (Å²) >= 11 is 0. The van der Waals surface area contributed by atoms with Crippen molar-refractivity contribution in [1.29, 1.82) is 0 Å². The molecule has 0 saturated heterocycles. The number of rotatable bonds is 1. The molecule has 1 amide bonds. The summed E-state index contributed by atoms with van der Waals surface area (Å²) in [5.74, 6) is -0.248. The summed E-state index contributed by atoms with van der Waals surface area (Å²) < 4.78 is 39.0. The van der Waals surface area contributed by atoms with Gasteiger partial charge in [0.15, 0.2) is 0 Å². The summed E-state index contributed by atoms with van der Waals surface area (Å²) in [6.07, 6.45) is -3.26. The molecule has 1 aliphatic rings. The van der Waals surface area contributed by atoms with Gasteiger partial charge in [-0.15, -0.1) is 0 Å². The van der Waals surface area contributed by atoms with Crippen molar-refractivity contribution < 1.29 is 18.0 Å². The third-order valence-corrected chi connectivity index (χ3v) is 5.09. The van der Waals surface area contributed by atoms with E-state index in [9.17, 15) is 18.0 Å². The maximum atomic E-state index is 13.1. The van der Waals surface area contributed by atoms with Gasteiger partial charge in [-0.05, 0) is 68.7 Å². The normalized spacial score (nSPS) is 14.2. The van der Waals surface area contributed by atoms with Gasteiger partial charge < -0.3 is 4.90 Å². The average Bonchev–Trinajstić information content (AvgIpc) is 2.66. The average molecular weight is 385 g/mol. The Morgan fingerprint density at radius 2 is 1.71 bits per heavy atom. The van der Waals surface area contributed by atoms with Gasteiger partial charge in [0.05, 0.1) is 28.0 Å². The highest BCUT2D eigenvalue weighted by Crippen LogP contribution is 2.35. The number of hydrogen-bond acceptors (Lipinski definition) is 3. The lowest BCUT2D eigenvalue weighted by atomic mass is 9.98. The Bertz CT molecular complexity index is 1090. The van der Waals surface area contributed by atoms with Crippen LogP contribution in [0.5, 0.6) is 0 Å². The molecular formula is C21H18F3N3O. The number of hydrogen-bond donors (Lipinski definition) is 0. The number of carbonyl (C=O) groups is 1. The van der Waals surface area contributed by atoms with E-state index in [4.69, 9.17) is 0 Å². The molecule has 1 aliphatic heterocycles. The van der Waals surface area contributed by atoms with Crippen LogP contribution >= 0.6 is 0 Å². The molecule has 0 unspecified atom stereocenters. The zero-order valence-corrected chi connectivity index (χ0v) is 15.5. The molecule has 0 saturated carbocycles. The fourth-order valence-corrected chi connectivity index (χ4v) is 3.50. The Kier molecular flexibility index (Phi) is 4.33. The van der Waals surface area contributed by atoms with Gasteiger partial charge in [0, 0.05) is 17.8 Å². The van der Waals surface area contributed by atoms with Crippen LogP contribution < -0.4 is 4.90 Å². The predicted octanol–water partition coefficient (Wildman–Crippen LogP) is 4.86. The Hall–Kier alpha value is -2.96. The van der Waals surface area contributed by atoms with E-state index in [1.54, 1.807) is 23.1 Å². The van der Waals surface area contributed by atoms with E-state index in [1.807, 2.05) is 13.8 Å². The third kappa shape index (κ3) is 3.21. The fraction of sp³-hybridized carbons (Fsp3) is 0.286. The molecule has 1 aromatic heterocycles. The van der Waals surface area contributed by atoms with Crippen molar-refractivity contribution in [2.45, 2.75) is 32.9 Å². The molecule has 0 spiro atoms. The Morgan fingerprint density at radius 1 is 1.00 bits per heavy atom. The van der Waals surface area contributed by atoms with Crippen molar-refractivity contribution >= 4 is 22.6 Å². The van der Waals surface area contributed by atoms with Crippen LogP contribution in [0.25, 0.3) is 11.0 Å². The zero-order chi connectivity index (χ0) is 20.1. The minimum atomic E-state index is -4.39. The van der Waals surface area contributed by atoms with Crippen molar-refractivity contribution in [2.24, 2.45) is 0 Å². The van der Waals surface area contributed by atoms with Gasteiger partial charge in [-0.3, -0.25) is 4.79 Å². The molecule has 28 heavy (non-hydrogen) atoms. The summed E-state index contributed by atoms with van der Waals surface area (Å²) in [7, 11) is 0. The van der Waals surface area contributed by atoms with E-state index >= 15 is 0 Å². The molecule has 7 heteroatoms. The predicted molar refractivity (Wildman–Crippen MR) is 100 cm³/mol. The number of amides is 1. The van der Waals surface area contributed by atoms with Crippen LogP contribution in [0.1, 0.15) is 39.3 Å². The van der Waals surface area contributed by atoms with Crippen molar-refractivity contribution in [3.8, 4) is 0 Å². The van der Waals surface area contributed by atoms with Gasteiger partial charge in [-0.1, -0.05) is 0 Å². The lowest BCUT2D eigenvalue weighted by Gasteiger charge is -2.30. The van der Waals surface area contributed by atoms with E-state index in [-0.39, 0.29) is 5.91 Å². The van der Waals surface area contributed by atoms with Crippen LogP contribution in [0.4, 0.5) is 18.9 Å². The zero-order valence-electron chi connectivity index (χ0n) is 15.5. The molecule has 144 valence electrons. The Labute approximate surface area is 160 Å². The SMILES string of the molecule is Cc1nc2ccc(C(=O)N3CCCc4cc(C(F)(F)F)ccc43)cc2nc1C. The van der Waals surface area contributed by atoms with Crippen molar-refractivity contribution in [3.63, 3.8) is 0 Å². The largest absolute Gasteiger partial charge is 0.416 e. The first-order valence-corrected chi connectivity index (χ1v) is 9.01. The molecular weight excluding hydrogens is 367 g/mol. The topological polar surface area (TPSA) is 46.1 Å². The maximum absolute atomic E-state index is 13.1. The van der Waals surface area contributed by atoms with Crippen LogP contribution in [0.2, 0.25) is 0 Å². The number of aromatic nitrogens is 2. The highest BCUT2D eigenvalue weighted by atomic mass is 19.4. The number of alkyl halides is 3. The molecule has 0 aliphatic carbocycles. The van der Waals surface area contributed by atoms with Gasteiger partial charge in [-0.25, -0.2) is 9.97 Å². The fourth-order valence-electron chi connectivity index (χ4n) is 3.50. The number of nitrogens with zero attached hydrogens (tertiary/aromatic N) is 3. The summed E-state index contributed by atoms with van der Waals surface area (Å²) in [4.78, 5) is 23.6. The molecule has 3 aromatic rings. The lowest BCUT2D eigenvalue weighted by molar-refractivity contribution is -0.137. The van der Waals surface area contributed by atoms with E-state index in [0.717, 1.165) is 23.5 Å². The number of aryl methyl sites for hydroxylation is 3. The van der Waals surface area contributed by atoms with E-state index in [0.29, 0.717) is 47.2 Å². The molecule has 0 bridgehead atoms. The summed E-state index contributed by atoms with van der Waals surface area (Å²) in [6, 6.07) is 8.69. The Balaban J connectivity index is 1.71. The second-order valence-electron chi connectivity index (χ2n) is 7.00. The highest BCUT2D eigenvalue weighted by Gasteiger charge is 2.32. The molecule has 0 atom stereocenters. The molecule has 0 radical (unpaired) electrons. The summed E-state index contributed by atoms with van der Waals surface area (Å²) in [5.41, 5.74) is 3.78. The van der Waals surface area contributed by atoms with Gasteiger partial charge in [0.25, 0.3) is 5.91 Å². The number of halogens is 3. The second kappa shape index (κ2) is 6.58. The third-order valence-electron chi connectivity index (χ3n) is 5.09. The number of carbonyl (C=O) groups excluding carboxylic acids is 1. The quantitative estimate of drug-likeness (QED) is 0.601. The minimum Gasteiger partial charge on any atom is -0.308 e. The molecule has 2 aromatic carbocycles.